The first-order chi connectivity index (χ1) is 18.1. The first-order valence-corrected chi connectivity index (χ1v) is 12.4. The largest absolute Gasteiger partial charge is 0.493 e. The van der Waals surface area contributed by atoms with Crippen molar-refractivity contribution in [3.8, 4) is 11.6 Å². The Morgan fingerprint density at radius 2 is 1.84 bits per heavy atom. The number of ether oxygens (including phenoxy) is 2. The van der Waals surface area contributed by atoms with Crippen LogP contribution < -0.4 is 16.1 Å². The van der Waals surface area contributed by atoms with Gasteiger partial charge in [0.05, 0.1) is 25.5 Å². The number of carbonyl (C=O) groups is 1. The highest BCUT2D eigenvalue weighted by atomic mass is 19.4. The van der Waals surface area contributed by atoms with Crippen molar-refractivity contribution in [2.24, 2.45) is 0 Å². The van der Waals surface area contributed by atoms with E-state index >= 15 is 0 Å². The number of hydrogen-bond donors (Lipinski definition) is 1. The summed E-state index contributed by atoms with van der Waals surface area (Å²) in [6.45, 7) is 2.65. The van der Waals surface area contributed by atoms with Crippen LogP contribution in [0.3, 0.4) is 0 Å². The average Bonchev–Trinajstić information content (AvgIpc) is 3.13. The molecule has 0 saturated carbocycles. The molecule has 0 spiro atoms. The van der Waals surface area contributed by atoms with Gasteiger partial charge in [0.1, 0.15) is 11.3 Å². The molecule has 2 aromatic heterocycles. The number of halogens is 3. The van der Waals surface area contributed by atoms with E-state index < -0.39 is 17.4 Å². The average molecular weight is 541 g/mol. The van der Waals surface area contributed by atoms with Gasteiger partial charge < -0.3 is 19.0 Å². The van der Waals surface area contributed by atoms with Gasteiger partial charge in [-0.2, -0.15) is 13.2 Å². The Hall–Kier alpha value is -3.70. The lowest BCUT2D eigenvalue weighted by Crippen LogP contribution is -2.24. The molecule has 0 fully saturated rings. The number of aromatic nitrogens is 2. The number of nitrogens with zero attached hydrogens (tertiary/aromatic N) is 2. The Morgan fingerprint density at radius 1 is 1.11 bits per heavy atom. The van der Waals surface area contributed by atoms with E-state index in [4.69, 9.17) is 9.15 Å². The zero-order chi connectivity index (χ0) is 27.9. The number of unbranched alkanes of at least 4 members (excludes halogenated alkanes) is 2. The number of hydrogen-bond acceptors (Lipinski definition) is 7. The van der Waals surface area contributed by atoms with Crippen LogP contribution in [0.4, 0.5) is 13.2 Å². The lowest BCUT2D eigenvalue weighted by molar-refractivity contribution is -0.140. The minimum Gasteiger partial charge on any atom is -0.493 e. The third kappa shape index (κ3) is 6.99. The summed E-state index contributed by atoms with van der Waals surface area (Å²) in [6.07, 6.45) is -0.0376. The van der Waals surface area contributed by atoms with Gasteiger partial charge in [0.15, 0.2) is 0 Å². The Kier molecular flexibility index (Phi) is 9.65. The summed E-state index contributed by atoms with van der Waals surface area (Å²) in [4.78, 5) is 35.6. The van der Waals surface area contributed by atoms with Gasteiger partial charge in [-0.1, -0.05) is 13.3 Å². The summed E-state index contributed by atoms with van der Waals surface area (Å²) >= 11 is 0. The molecule has 2 heterocycles. The third-order valence-electron chi connectivity index (χ3n) is 6.09. The quantitative estimate of drug-likeness (QED) is 0.191. The van der Waals surface area contributed by atoms with Crippen LogP contribution in [-0.4, -0.2) is 33.9 Å². The monoisotopic (exact) mass is 540 g/mol. The molecular weight excluding hydrogens is 509 g/mol. The van der Waals surface area contributed by atoms with Gasteiger partial charge in [-0.3, -0.25) is 13.9 Å². The molecule has 208 valence electrons. The first kappa shape index (κ1) is 28.9. The molecule has 0 aliphatic carbocycles. The van der Waals surface area contributed by atoms with Crippen molar-refractivity contribution < 1.29 is 37.0 Å². The predicted octanol–water partition coefficient (Wildman–Crippen LogP) is 4.64. The number of fused-ring (bicyclic) bond motifs is 1. The van der Waals surface area contributed by atoms with E-state index in [1.54, 1.807) is 0 Å². The van der Waals surface area contributed by atoms with E-state index in [-0.39, 0.29) is 48.1 Å². The molecule has 0 saturated heterocycles. The van der Waals surface area contributed by atoms with E-state index in [1.165, 1.54) is 34.6 Å². The second-order valence-corrected chi connectivity index (χ2v) is 8.85. The zero-order valence-electron chi connectivity index (χ0n) is 21.3. The van der Waals surface area contributed by atoms with Crippen LogP contribution in [-0.2, 0) is 35.2 Å². The predicted molar refractivity (Wildman–Crippen MR) is 132 cm³/mol. The normalized spacial score (nSPS) is 11.7. The summed E-state index contributed by atoms with van der Waals surface area (Å²) in [5.74, 6) is -0.153. The number of imidazole rings is 1. The van der Waals surface area contributed by atoms with E-state index in [9.17, 15) is 32.7 Å². The van der Waals surface area contributed by atoms with Gasteiger partial charge in [0.25, 0.3) is 0 Å². The highest BCUT2D eigenvalue weighted by Crippen LogP contribution is 2.37. The number of alkyl halides is 3. The number of benzene rings is 1. The van der Waals surface area contributed by atoms with E-state index in [0.717, 1.165) is 0 Å². The van der Waals surface area contributed by atoms with Crippen molar-refractivity contribution in [3.05, 3.63) is 56.4 Å². The molecule has 0 unspecified atom stereocenters. The van der Waals surface area contributed by atoms with Crippen LogP contribution >= 0.6 is 0 Å². The highest BCUT2D eigenvalue weighted by molar-refractivity contribution is 5.85. The van der Waals surface area contributed by atoms with E-state index in [0.29, 0.717) is 62.4 Å². The summed E-state index contributed by atoms with van der Waals surface area (Å²) in [5.41, 5.74) is -2.23. The lowest BCUT2D eigenvalue weighted by Gasteiger charge is -2.15. The topological polar surface area (TPSA) is 113 Å². The number of methoxy groups -OCH3 is 1. The standard InChI is InChI=1S/C26H31F3N2O7/c1-3-8-18-20(11-10-17-19(26(27,28)29)15-23(34)38-24(17)18)37-14-7-6-13-31-21(32)16-30(25(31)35)12-5-4-9-22(33)36-2/h10-11,15-16,32H,3-9,12-14H2,1-2H3. The number of aryl methyl sites for hydroxylation is 2. The van der Waals surface area contributed by atoms with Gasteiger partial charge in [-0.15, -0.1) is 0 Å². The van der Waals surface area contributed by atoms with Crippen LogP contribution in [0.15, 0.2) is 38.4 Å². The maximum Gasteiger partial charge on any atom is 0.417 e. The van der Waals surface area contributed by atoms with Crippen molar-refractivity contribution >= 4 is 16.9 Å². The molecule has 1 N–H and O–H groups in total. The van der Waals surface area contributed by atoms with Crippen LogP contribution in [0.1, 0.15) is 56.6 Å². The highest BCUT2D eigenvalue weighted by Gasteiger charge is 2.34. The summed E-state index contributed by atoms with van der Waals surface area (Å²) in [5, 5.41) is 9.95. The Balaban J connectivity index is 1.62. The molecule has 0 amide bonds. The number of rotatable bonds is 13. The molecule has 0 radical (unpaired) electrons. The molecule has 9 nitrogen and oxygen atoms in total. The number of aromatic hydroxyl groups is 1. The minimum atomic E-state index is -4.70. The van der Waals surface area contributed by atoms with Crippen LogP contribution in [0.25, 0.3) is 11.0 Å². The van der Waals surface area contributed by atoms with Crippen molar-refractivity contribution in [2.45, 2.75) is 71.1 Å². The van der Waals surface area contributed by atoms with Gasteiger partial charge in [-0.05, 0) is 44.2 Å². The molecule has 0 atom stereocenters. The van der Waals surface area contributed by atoms with Crippen molar-refractivity contribution in [1.29, 1.82) is 0 Å². The Bertz CT molecular complexity index is 1370. The first-order valence-electron chi connectivity index (χ1n) is 12.4. The summed E-state index contributed by atoms with van der Waals surface area (Å²) in [7, 11) is 1.31. The summed E-state index contributed by atoms with van der Waals surface area (Å²) < 4.78 is 58.5. The second-order valence-electron chi connectivity index (χ2n) is 8.85. The van der Waals surface area contributed by atoms with Gasteiger partial charge in [-0.25, -0.2) is 9.59 Å². The Morgan fingerprint density at radius 3 is 2.53 bits per heavy atom. The van der Waals surface area contributed by atoms with Crippen LogP contribution in [0, 0.1) is 0 Å². The van der Waals surface area contributed by atoms with Crippen molar-refractivity contribution in [3.63, 3.8) is 0 Å². The summed E-state index contributed by atoms with van der Waals surface area (Å²) in [6, 6.07) is 3.13. The lowest BCUT2D eigenvalue weighted by atomic mass is 10.0. The third-order valence-corrected chi connectivity index (χ3v) is 6.09. The van der Waals surface area contributed by atoms with Crippen molar-refractivity contribution in [1.82, 2.24) is 9.13 Å². The molecule has 0 aliphatic rings. The van der Waals surface area contributed by atoms with Gasteiger partial charge in [0, 0.05) is 36.5 Å². The molecule has 0 aliphatic heterocycles. The van der Waals surface area contributed by atoms with Crippen LogP contribution in [0.2, 0.25) is 0 Å². The molecule has 1 aromatic carbocycles. The van der Waals surface area contributed by atoms with Crippen LogP contribution in [0.5, 0.6) is 11.6 Å². The molecule has 3 rings (SSSR count). The van der Waals surface area contributed by atoms with E-state index in [1.807, 2.05) is 6.92 Å². The van der Waals surface area contributed by atoms with Crippen molar-refractivity contribution in [2.75, 3.05) is 13.7 Å². The SMILES string of the molecule is CCCc1c(OCCCCn2c(O)cn(CCCCC(=O)OC)c2=O)ccc2c(C(F)(F)F)cc(=O)oc12. The molecule has 12 heteroatoms. The fraction of sp³-hybridized carbons (Fsp3) is 0.500. The molecule has 3 aromatic rings. The maximum absolute atomic E-state index is 13.4. The molecular formula is C26H31F3N2O7. The minimum absolute atomic E-state index is 0.131. The smallest absolute Gasteiger partial charge is 0.417 e. The van der Waals surface area contributed by atoms with E-state index in [2.05, 4.69) is 4.74 Å². The Labute approximate surface area is 216 Å². The molecule has 38 heavy (non-hydrogen) atoms. The maximum atomic E-state index is 13.4. The number of esters is 1. The fourth-order valence-electron chi connectivity index (χ4n) is 4.22. The zero-order valence-corrected chi connectivity index (χ0v) is 21.3. The van der Waals surface area contributed by atoms with Gasteiger partial charge >= 0.3 is 23.5 Å². The van der Waals surface area contributed by atoms with Gasteiger partial charge in [0.2, 0.25) is 5.88 Å². The fourth-order valence-corrected chi connectivity index (χ4v) is 4.22. The molecule has 0 bridgehead atoms. The number of carbonyl (C=O) groups excluding carboxylic acids is 1. The second kappa shape index (κ2) is 12.7.